The van der Waals surface area contributed by atoms with Gasteiger partial charge in [0, 0.05) is 13.1 Å². The van der Waals surface area contributed by atoms with Gasteiger partial charge in [-0.1, -0.05) is 0 Å². The Kier molecular flexibility index (Phi) is 7.03. The minimum Gasteiger partial charge on any atom is -0.480 e. The summed E-state index contributed by atoms with van der Waals surface area (Å²) in [6.07, 6.45) is 2.20. The Morgan fingerprint density at radius 2 is 1.66 bits per heavy atom. The molecule has 0 spiro atoms. The Balaban J connectivity index is 1.54. The van der Waals surface area contributed by atoms with Crippen molar-refractivity contribution in [2.24, 2.45) is 0 Å². The first-order valence-electron chi connectivity index (χ1n) is 14.0. The van der Waals surface area contributed by atoms with Gasteiger partial charge in [-0.15, -0.1) is 0 Å². The van der Waals surface area contributed by atoms with Crippen molar-refractivity contribution in [3.8, 4) is 23.3 Å². The van der Waals surface area contributed by atoms with Gasteiger partial charge in [-0.25, -0.2) is 14.4 Å². The van der Waals surface area contributed by atoms with Crippen LogP contribution in [0.4, 0.5) is 29.2 Å². The maximum Gasteiger partial charge on any atom is 0.418 e. The van der Waals surface area contributed by atoms with E-state index in [4.69, 9.17) is 20.2 Å². The van der Waals surface area contributed by atoms with E-state index in [1.807, 2.05) is 4.90 Å². The molecular weight excluding hydrogens is 542 g/mol. The lowest BCUT2D eigenvalue weighted by atomic mass is 9.95. The third-order valence-electron chi connectivity index (χ3n) is 8.59. The van der Waals surface area contributed by atoms with E-state index in [1.165, 1.54) is 14.0 Å². The average molecular weight is 576 g/mol. The lowest BCUT2D eigenvalue weighted by molar-refractivity contribution is -0.137. The second-order valence-corrected chi connectivity index (χ2v) is 11.2. The first-order valence-corrected chi connectivity index (χ1v) is 14.0. The third-order valence-corrected chi connectivity index (χ3v) is 8.59. The SMILES string of the molecule is COc1nc(-c2nc(N)cc(C)c2C(F)(F)F)c(F)c2nc(OCC34CCCN3CCC4)nc(N3CCCCC3)c12. The molecule has 3 aliphatic rings. The molecule has 0 bridgehead atoms. The number of piperidine rings is 1. The van der Waals surface area contributed by atoms with E-state index in [-0.39, 0.29) is 39.7 Å². The number of methoxy groups -OCH3 is 1. The number of halogens is 4. The van der Waals surface area contributed by atoms with Gasteiger partial charge in [-0.3, -0.25) is 4.90 Å². The molecule has 0 saturated carbocycles. The summed E-state index contributed by atoms with van der Waals surface area (Å²) in [5.41, 5.74) is 2.78. The Hall–Kier alpha value is -3.48. The van der Waals surface area contributed by atoms with Crippen LogP contribution >= 0.6 is 0 Å². The van der Waals surface area contributed by atoms with Crippen molar-refractivity contribution in [3.63, 3.8) is 0 Å². The van der Waals surface area contributed by atoms with Crippen LogP contribution in [0, 0.1) is 12.7 Å². The molecule has 0 amide bonds. The van der Waals surface area contributed by atoms with E-state index in [9.17, 15) is 13.2 Å². The molecule has 3 fully saturated rings. The molecule has 0 aliphatic carbocycles. The van der Waals surface area contributed by atoms with Gasteiger partial charge < -0.3 is 20.1 Å². The molecule has 0 unspecified atom stereocenters. The van der Waals surface area contributed by atoms with Gasteiger partial charge in [0.1, 0.15) is 40.5 Å². The lowest BCUT2D eigenvalue weighted by Crippen LogP contribution is -2.43. The average Bonchev–Trinajstić information content (AvgIpc) is 3.52. The van der Waals surface area contributed by atoms with Gasteiger partial charge in [0.25, 0.3) is 0 Å². The van der Waals surface area contributed by atoms with E-state index >= 15 is 4.39 Å². The van der Waals surface area contributed by atoms with Crippen molar-refractivity contribution in [3.05, 3.63) is 23.0 Å². The van der Waals surface area contributed by atoms with E-state index in [2.05, 4.69) is 19.9 Å². The molecule has 0 radical (unpaired) electrons. The van der Waals surface area contributed by atoms with E-state index in [1.54, 1.807) is 0 Å². The standard InChI is InChI=1S/C28H33F4N7O2/c1-16-14-17(33)34-22(19(16)28(30,31)32)23-20(29)21-18(25(35-23)40-2)24(38-10-4-3-5-11-38)37-26(36-21)41-15-27-8-6-12-39(27)13-7-9-27/h14H,3-13,15H2,1-2H3,(H2,33,34). The third kappa shape index (κ3) is 4.87. The summed E-state index contributed by atoms with van der Waals surface area (Å²) in [4.78, 5) is 21.7. The number of rotatable bonds is 6. The molecule has 41 heavy (non-hydrogen) atoms. The molecule has 0 atom stereocenters. The van der Waals surface area contributed by atoms with Crippen molar-refractivity contribution in [2.75, 3.05) is 50.5 Å². The van der Waals surface area contributed by atoms with Crippen LogP contribution in [0.15, 0.2) is 6.07 Å². The Morgan fingerprint density at radius 1 is 0.951 bits per heavy atom. The molecule has 13 heteroatoms. The summed E-state index contributed by atoms with van der Waals surface area (Å²) in [7, 11) is 1.32. The van der Waals surface area contributed by atoms with Crippen LogP contribution in [0.25, 0.3) is 22.3 Å². The number of hydrogen-bond donors (Lipinski definition) is 1. The van der Waals surface area contributed by atoms with Crippen molar-refractivity contribution in [1.29, 1.82) is 0 Å². The number of aromatic nitrogens is 4. The predicted molar refractivity (Wildman–Crippen MR) is 146 cm³/mol. The number of fused-ring (bicyclic) bond motifs is 2. The number of pyridine rings is 2. The molecule has 6 heterocycles. The first-order chi connectivity index (χ1) is 19.6. The molecule has 3 aliphatic heterocycles. The van der Waals surface area contributed by atoms with Crippen LogP contribution in [-0.4, -0.2) is 70.3 Å². The Labute approximate surface area is 235 Å². The van der Waals surface area contributed by atoms with Crippen LogP contribution in [0.3, 0.4) is 0 Å². The van der Waals surface area contributed by atoms with Crippen molar-refractivity contribution >= 4 is 22.5 Å². The van der Waals surface area contributed by atoms with Crippen LogP contribution in [0.2, 0.25) is 0 Å². The van der Waals surface area contributed by atoms with E-state index < -0.39 is 28.9 Å². The highest BCUT2D eigenvalue weighted by Gasteiger charge is 2.45. The molecule has 3 aromatic heterocycles. The minimum absolute atomic E-state index is 0.0305. The van der Waals surface area contributed by atoms with Gasteiger partial charge in [0.2, 0.25) is 5.88 Å². The summed E-state index contributed by atoms with van der Waals surface area (Å²) >= 11 is 0. The second-order valence-electron chi connectivity index (χ2n) is 11.2. The van der Waals surface area contributed by atoms with Gasteiger partial charge in [0.05, 0.1) is 18.2 Å². The fraction of sp³-hybridized carbons (Fsp3) is 0.571. The summed E-state index contributed by atoms with van der Waals surface area (Å²) in [5, 5.41) is 0.179. The van der Waals surface area contributed by atoms with Crippen LogP contribution < -0.4 is 20.1 Å². The molecule has 2 N–H and O–H groups in total. The van der Waals surface area contributed by atoms with Gasteiger partial charge >= 0.3 is 12.2 Å². The minimum atomic E-state index is -4.83. The number of nitrogens with zero attached hydrogens (tertiary/aromatic N) is 6. The van der Waals surface area contributed by atoms with Gasteiger partial charge in [-0.05, 0) is 76.6 Å². The fourth-order valence-electron chi connectivity index (χ4n) is 6.69. The van der Waals surface area contributed by atoms with Crippen molar-refractivity contribution < 1.29 is 27.0 Å². The highest BCUT2D eigenvalue weighted by Crippen LogP contribution is 2.44. The molecule has 3 saturated heterocycles. The zero-order chi connectivity index (χ0) is 28.9. The van der Waals surface area contributed by atoms with Crippen molar-refractivity contribution in [1.82, 2.24) is 24.8 Å². The maximum atomic E-state index is 16.4. The monoisotopic (exact) mass is 575 g/mol. The zero-order valence-corrected chi connectivity index (χ0v) is 23.2. The van der Waals surface area contributed by atoms with Gasteiger partial charge in [0.15, 0.2) is 5.82 Å². The number of anilines is 2. The van der Waals surface area contributed by atoms with Crippen molar-refractivity contribution in [2.45, 2.75) is 63.6 Å². The molecular formula is C28H33F4N7O2. The van der Waals surface area contributed by atoms with E-state index in [0.29, 0.717) is 25.5 Å². The molecule has 9 nitrogen and oxygen atoms in total. The molecule has 220 valence electrons. The smallest absolute Gasteiger partial charge is 0.418 e. The summed E-state index contributed by atoms with van der Waals surface area (Å²) in [6, 6.07) is 1.07. The van der Waals surface area contributed by atoms with Crippen LogP contribution in [-0.2, 0) is 6.18 Å². The number of nitrogens with two attached hydrogens (primary N) is 1. The molecule has 0 aromatic carbocycles. The first kappa shape index (κ1) is 27.7. The quantitative estimate of drug-likeness (QED) is 0.400. The largest absolute Gasteiger partial charge is 0.480 e. The number of alkyl halides is 3. The van der Waals surface area contributed by atoms with Gasteiger partial charge in [-0.2, -0.15) is 23.1 Å². The Bertz CT molecular complexity index is 1470. The summed E-state index contributed by atoms with van der Waals surface area (Å²) in [6.45, 7) is 4.96. The van der Waals surface area contributed by atoms with Crippen LogP contribution in [0.1, 0.15) is 56.1 Å². The zero-order valence-electron chi connectivity index (χ0n) is 23.2. The molecule has 6 rings (SSSR count). The lowest BCUT2D eigenvalue weighted by Gasteiger charge is -2.32. The maximum absolute atomic E-state index is 16.4. The number of ether oxygens (including phenoxy) is 2. The second kappa shape index (κ2) is 10.4. The Morgan fingerprint density at radius 3 is 2.32 bits per heavy atom. The van der Waals surface area contributed by atoms with E-state index in [0.717, 1.165) is 64.1 Å². The fourth-order valence-corrected chi connectivity index (χ4v) is 6.69. The number of nitrogen functional groups attached to an aromatic ring is 1. The predicted octanol–water partition coefficient (Wildman–Crippen LogP) is 5.14. The highest BCUT2D eigenvalue weighted by molar-refractivity contribution is 5.96. The summed E-state index contributed by atoms with van der Waals surface area (Å²) in [5.74, 6) is -0.978. The highest BCUT2D eigenvalue weighted by atomic mass is 19.4. The number of hydrogen-bond acceptors (Lipinski definition) is 9. The summed E-state index contributed by atoms with van der Waals surface area (Å²) < 4.78 is 70.6. The molecule has 3 aromatic rings. The topological polar surface area (TPSA) is 103 Å². The normalized spacial score (nSPS) is 19.1. The van der Waals surface area contributed by atoms with Crippen LogP contribution in [0.5, 0.6) is 11.9 Å². The number of aryl methyl sites for hydroxylation is 1.